The first-order valence-electron chi connectivity index (χ1n) is 18.8. The first-order valence-corrected chi connectivity index (χ1v) is 21.2. The van der Waals surface area contributed by atoms with E-state index in [-0.39, 0.29) is 17.2 Å². The third-order valence-electron chi connectivity index (χ3n) is 9.80. The van der Waals surface area contributed by atoms with Gasteiger partial charge >= 0.3 is 0 Å². The minimum atomic E-state index is -4.43. The number of amides is 2. The maximum atomic E-state index is 13.9. The number of anilines is 2. The minimum Gasteiger partial charge on any atom is -0.494 e. The van der Waals surface area contributed by atoms with Crippen LogP contribution in [0.25, 0.3) is 21.9 Å². The number of ether oxygens (including phenoxy) is 1. The summed E-state index contributed by atoms with van der Waals surface area (Å²) in [6.07, 6.45) is 0. The van der Waals surface area contributed by atoms with Crippen LogP contribution < -0.4 is 19.7 Å². The molecule has 14 heteroatoms. The Bertz CT molecular complexity index is 2560. The molecule has 0 bridgehead atoms. The van der Waals surface area contributed by atoms with E-state index in [0.717, 1.165) is 44.3 Å². The molecule has 0 spiro atoms. The summed E-state index contributed by atoms with van der Waals surface area (Å²) in [5, 5.41) is 16.7. The van der Waals surface area contributed by atoms with Gasteiger partial charge in [0.05, 0.1) is 16.4 Å². The Morgan fingerprint density at radius 3 is 2.26 bits per heavy atom. The quantitative estimate of drug-likeness (QED) is 0.0478. The second kappa shape index (κ2) is 17.8. The lowest BCUT2D eigenvalue weighted by Gasteiger charge is -2.36. The molecule has 0 unspecified atom stereocenters. The van der Waals surface area contributed by atoms with Crippen LogP contribution in [0.4, 0.5) is 17.1 Å². The molecule has 58 heavy (non-hydrogen) atoms. The number of hydrogen-bond donors (Lipinski definition) is 2. The molecule has 1 aliphatic heterocycles. The number of rotatable bonds is 14. The summed E-state index contributed by atoms with van der Waals surface area (Å²) in [5.74, 6) is 0.502. The number of nitro benzene ring substituents is 1. The number of fused-ring (bicyclic) bond motifs is 1. The molecular weight excluding hydrogens is 775 g/mol. The van der Waals surface area contributed by atoms with Crippen LogP contribution in [0.3, 0.4) is 0 Å². The summed E-state index contributed by atoms with van der Waals surface area (Å²) < 4.78 is 34.1. The first-order chi connectivity index (χ1) is 28.1. The largest absolute Gasteiger partial charge is 0.494 e. The Labute approximate surface area is 341 Å². The Morgan fingerprint density at radius 2 is 1.53 bits per heavy atom. The summed E-state index contributed by atoms with van der Waals surface area (Å²) in [5.41, 5.74) is 3.33. The molecule has 0 atom stereocenters. The highest BCUT2D eigenvalue weighted by atomic mass is 32.2. The molecule has 0 aromatic heterocycles. The van der Waals surface area contributed by atoms with Gasteiger partial charge in [0, 0.05) is 66.3 Å². The van der Waals surface area contributed by atoms with Crippen LogP contribution in [-0.2, 0) is 10.0 Å². The third-order valence-corrected chi connectivity index (χ3v) is 12.1. The van der Waals surface area contributed by atoms with E-state index in [4.69, 9.17) is 4.74 Å². The molecule has 0 saturated carbocycles. The average Bonchev–Trinajstić information content (AvgIpc) is 3.25. The van der Waals surface area contributed by atoms with E-state index >= 15 is 0 Å². The van der Waals surface area contributed by atoms with Gasteiger partial charge in [0.1, 0.15) is 11.4 Å². The van der Waals surface area contributed by atoms with Gasteiger partial charge in [0.25, 0.3) is 27.5 Å². The molecule has 0 radical (unpaired) electrons. The number of nitrogens with zero attached hydrogens (tertiary/aromatic N) is 3. The molecule has 2 N–H and O–H groups in total. The van der Waals surface area contributed by atoms with E-state index in [9.17, 15) is 28.1 Å². The number of sulfonamides is 1. The molecule has 6 aromatic rings. The Hall–Kier alpha value is -6.38. The molecule has 0 aliphatic carbocycles. The van der Waals surface area contributed by atoms with Crippen LogP contribution in [0.1, 0.15) is 27.6 Å². The lowest BCUT2D eigenvalue weighted by Crippen LogP contribution is -2.48. The van der Waals surface area contributed by atoms with E-state index in [1.54, 1.807) is 23.9 Å². The summed E-state index contributed by atoms with van der Waals surface area (Å²) in [7, 11) is -4.43. The van der Waals surface area contributed by atoms with Crippen molar-refractivity contribution in [3.8, 4) is 16.9 Å². The van der Waals surface area contributed by atoms with Crippen LogP contribution in [-0.4, -0.2) is 75.1 Å². The summed E-state index contributed by atoms with van der Waals surface area (Å²) in [6.45, 7) is 5.01. The van der Waals surface area contributed by atoms with Gasteiger partial charge in [0.2, 0.25) is 0 Å². The van der Waals surface area contributed by atoms with Crippen molar-refractivity contribution in [1.82, 2.24) is 9.62 Å². The highest BCUT2D eigenvalue weighted by Crippen LogP contribution is 2.34. The van der Waals surface area contributed by atoms with Gasteiger partial charge in [0.15, 0.2) is 0 Å². The predicted molar refractivity (Wildman–Crippen MR) is 229 cm³/mol. The number of benzene rings is 6. The van der Waals surface area contributed by atoms with E-state index in [0.29, 0.717) is 50.6 Å². The van der Waals surface area contributed by atoms with Crippen molar-refractivity contribution >= 4 is 61.4 Å². The number of thioether (sulfide) groups is 1. The van der Waals surface area contributed by atoms with Gasteiger partial charge in [-0.1, -0.05) is 60.7 Å². The number of hydrogen-bond acceptors (Lipinski definition) is 10. The Kier molecular flexibility index (Phi) is 12.2. The van der Waals surface area contributed by atoms with Gasteiger partial charge in [-0.05, 0) is 95.6 Å². The fourth-order valence-corrected chi connectivity index (χ4v) is 8.69. The third kappa shape index (κ3) is 9.09. The number of carbonyl (C=O) groups is 2. The fraction of sp³-hybridized carbons (Fsp3) is 0.182. The summed E-state index contributed by atoms with van der Waals surface area (Å²) in [6, 6.07) is 39.5. The summed E-state index contributed by atoms with van der Waals surface area (Å²) in [4.78, 5) is 42.8. The molecule has 6 aromatic carbocycles. The first kappa shape index (κ1) is 39.8. The highest BCUT2D eigenvalue weighted by molar-refractivity contribution is 7.99. The smallest absolute Gasteiger partial charge is 0.293 e. The lowest BCUT2D eigenvalue weighted by molar-refractivity contribution is -0.384. The minimum absolute atomic E-state index is 0.0483. The van der Waals surface area contributed by atoms with Gasteiger partial charge in [-0.15, -0.1) is 11.8 Å². The SMILES string of the molecule is CCOc1cccc(-c2ccc(C(=O)N3CCN(c4ccc(C(=O)NS(=O)(=O)c5ccc(NCCSc6ccccc6)c([N+](=O)[O-])c5)cc4)CC3)c3ccccc23)c1. The fourth-order valence-electron chi connectivity index (χ4n) is 6.91. The van der Waals surface area contributed by atoms with Crippen molar-refractivity contribution < 1.29 is 27.7 Å². The lowest BCUT2D eigenvalue weighted by atomic mass is 9.94. The number of carbonyl (C=O) groups excluding carboxylic acids is 2. The molecule has 12 nitrogen and oxygen atoms in total. The zero-order valence-electron chi connectivity index (χ0n) is 31.7. The zero-order valence-corrected chi connectivity index (χ0v) is 33.3. The second-order valence-electron chi connectivity index (χ2n) is 13.5. The van der Waals surface area contributed by atoms with Crippen molar-refractivity contribution in [2.75, 3.05) is 55.3 Å². The highest BCUT2D eigenvalue weighted by Gasteiger charge is 2.26. The van der Waals surface area contributed by atoms with Crippen LogP contribution in [0.2, 0.25) is 0 Å². The Morgan fingerprint density at radius 1 is 0.810 bits per heavy atom. The summed E-state index contributed by atoms with van der Waals surface area (Å²) >= 11 is 1.58. The Balaban J connectivity index is 0.957. The van der Waals surface area contributed by atoms with Crippen molar-refractivity contribution in [3.05, 3.63) is 155 Å². The van der Waals surface area contributed by atoms with Crippen molar-refractivity contribution in [2.24, 2.45) is 0 Å². The topological polar surface area (TPSA) is 151 Å². The molecule has 7 rings (SSSR count). The normalized spacial score (nSPS) is 12.9. The molecule has 1 aliphatic rings. The van der Waals surface area contributed by atoms with E-state index in [1.807, 2.05) is 108 Å². The van der Waals surface area contributed by atoms with Crippen LogP contribution in [0.15, 0.2) is 143 Å². The number of nitrogens with one attached hydrogen (secondary N) is 2. The van der Waals surface area contributed by atoms with Gasteiger partial charge in [-0.25, -0.2) is 13.1 Å². The molecular formula is C44H41N5O7S2. The standard InChI is InChI=1S/C44H41N5O7S2/c1-2-56-34-10-8-9-32(29-34)37-20-21-40(39-14-7-6-13-38(37)39)44(51)48-26-24-47(25-27-48)33-17-15-31(16-18-33)43(50)46-58(54,55)36-19-22-41(42(30-36)49(52)53)45-23-28-57-35-11-4-3-5-12-35/h3-22,29-30,45H,2,23-28H2,1H3,(H,46,50). The zero-order chi connectivity index (χ0) is 40.6. The molecule has 1 heterocycles. The van der Waals surface area contributed by atoms with Gasteiger partial charge in [-0.2, -0.15) is 0 Å². The van der Waals surface area contributed by atoms with E-state index in [1.165, 1.54) is 24.3 Å². The maximum absolute atomic E-state index is 13.9. The maximum Gasteiger partial charge on any atom is 0.293 e. The number of nitro groups is 1. The van der Waals surface area contributed by atoms with Crippen LogP contribution in [0.5, 0.6) is 5.75 Å². The van der Waals surface area contributed by atoms with Crippen molar-refractivity contribution in [3.63, 3.8) is 0 Å². The van der Waals surface area contributed by atoms with Crippen LogP contribution >= 0.6 is 11.8 Å². The molecule has 1 saturated heterocycles. The van der Waals surface area contributed by atoms with Crippen molar-refractivity contribution in [1.29, 1.82) is 0 Å². The van der Waals surface area contributed by atoms with Gasteiger partial charge in [-0.3, -0.25) is 19.7 Å². The van der Waals surface area contributed by atoms with Crippen LogP contribution in [0, 0.1) is 10.1 Å². The molecule has 1 fully saturated rings. The average molecular weight is 816 g/mol. The van der Waals surface area contributed by atoms with Gasteiger partial charge < -0.3 is 19.9 Å². The van der Waals surface area contributed by atoms with E-state index in [2.05, 4.69) is 10.2 Å². The predicted octanol–water partition coefficient (Wildman–Crippen LogP) is 8.10. The molecule has 296 valence electrons. The van der Waals surface area contributed by atoms with E-state index < -0.39 is 31.4 Å². The molecule has 2 amide bonds. The van der Waals surface area contributed by atoms with Crippen molar-refractivity contribution in [2.45, 2.75) is 16.7 Å². The number of piperazine rings is 1. The second-order valence-corrected chi connectivity index (χ2v) is 16.3. The monoisotopic (exact) mass is 815 g/mol.